The van der Waals surface area contributed by atoms with Crippen molar-refractivity contribution in [2.45, 2.75) is 44.6 Å². The van der Waals surface area contributed by atoms with Gasteiger partial charge in [-0.05, 0) is 77.2 Å². The first-order chi connectivity index (χ1) is 8.90. The van der Waals surface area contributed by atoms with E-state index in [0.717, 1.165) is 12.0 Å². The molecule has 0 radical (unpaired) electrons. The van der Waals surface area contributed by atoms with Gasteiger partial charge < -0.3 is 15.1 Å². The molecule has 0 aromatic heterocycles. The van der Waals surface area contributed by atoms with Gasteiger partial charge in [0.2, 0.25) is 0 Å². The molecular formula is C15H29N3. The van der Waals surface area contributed by atoms with Crippen LogP contribution in [0.4, 0.5) is 0 Å². The summed E-state index contributed by atoms with van der Waals surface area (Å²) in [5, 5.41) is 3.62. The summed E-state index contributed by atoms with van der Waals surface area (Å²) >= 11 is 0. The molecule has 3 nitrogen and oxygen atoms in total. The Hall–Kier alpha value is -0.120. The number of rotatable bonds is 4. The molecule has 0 amide bonds. The van der Waals surface area contributed by atoms with Gasteiger partial charge in [0.05, 0.1) is 0 Å². The second-order valence-electron chi connectivity index (χ2n) is 6.54. The molecule has 0 unspecified atom stereocenters. The summed E-state index contributed by atoms with van der Waals surface area (Å²) < 4.78 is 0. The van der Waals surface area contributed by atoms with Gasteiger partial charge >= 0.3 is 0 Å². The van der Waals surface area contributed by atoms with Crippen LogP contribution in [0.25, 0.3) is 0 Å². The average Bonchev–Trinajstić information content (AvgIpc) is 3.05. The van der Waals surface area contributed by atoms with Crippen LogP contribution in [-0.4, -0.2) is 61.7 Å². The van der Waals surface area contributed by atoms with Gasteiger partial charge in [-0.2, -0.15) is 0 Å². The first kappa shape index (κ1) is 12.9. The maximum atomic E-state index is 3.62. The fourth-order valence-corrected chi connectivity index (χ4v) is 3.91. The van der Waals surface area contributed by atoms with Gasteiger partial charge in [0.15, 0.2) is 0 Å². The predicted molar refractivity (Wildman–Crippen MR) is 75.9 cm³/mol. The molecule has 3 aliphatic rings. The third-order valence-corrected chi connectivity index (χ3v) is 5.06. The van der Waals surface area contributed by atoms with E-state index in [1.54, 1.807) is 0 Å². The SMILES string of the molecule is C1CN[C@H](CN2CCC(CN3CCCC3)CC2)C1. The molecule has 3 aliphatic heterocycles. The zero-order chi connectivity index (χ0) is 12.2. The highest BCUT2D eigenvalue weighted by molar-refractivity contribution is 4.82. The van der Waals surface area contributed by atoms with Gasteiger partial charge in [-0.3, -0.25) is 0 Å². The zero-order valence-electron chi connectivity index (χ0n) is 11.7. The highest BCUT2D eigenvalue weighted by atomic mass is 15.2. The van der Waals surface area contributed by atoms with Crippen molar-refractivity contribution < 1.29 is 0 Å². The summed E-state index contributed by atoms with van der Waals surface area (Å²) in [6.45, 7) is 9.35. The summed E-state index contributed by atoms with van der Waals surface area (Å²) in [4.78, 5) is 5.39. The number of piperidine rings is 1. The van der Waals surface area contributed by atoms with E-state index in [-0.39, 0.29) is 0 Å². The van der Waals surface area contributed by atoms with Gasteiger partial charge in [0, 0.05) is 19.1 Å². The quantitative estimate of drug-likeness (QED) is 0.818. The lowest BCUT2D eigenvalue weighted by Gasteiger charge is -2.35. The molecule has 3 heteroatoms. The van der Waals surface area contributed by atoms with Crippen molar-refractivity contribution in [2.75, 3.05) is 45.8 Å². The number of hydrogen-bond donors (Lipinski definition) is 1. The van der Waals surface area contributed by atoms with E-state index in [1.165, 1.54) is 84.3 Å². The fraction of sp³-hybridized carbons (Fsp3) is 1.00. The van der Waals surface area contributed by atoms with Crippen LogP contribution in [0.5, 0.6) is 0 Å². The number of likely N-dealkylation sites (tertiary alicyclic amines) is 2. The Morgan fingerprint density at radius 2 is 1.50 bits per heavy atom. The van der Waals surface area contributed by atoms with Crippen molar-refractivity contribution in [1.82, 2.24) is 15.1 Å². The molecular weight excluding hydrogens is 222 g/mol. The van der Waals surface area contributed by atoms with E-state index in [2.05, 4.69) is 15.1 Å². The van der Waals surface area contributed by atoms with E-state index >= 15 is 0 Å². The molecule has 3 rings (SSSR count). The van der Waals surface area contributed by atoms with E-state index in [0.29, 0.717) is 0 Å². The van der Waals surface area contributed by atoms with Crippen LogP contribution in [0.2, 0.25) is 0 Å². The van der Waals surface area contributed by atoms with E-state index < -0.39 is 0 Å². The van der Waals surface area contributed by atoms with Gasteiger partial charge in [0.25, 0.3) is 0 Å². The molecule has 0 spiro atoms. The summed E-state index contributed by atoms with van der Waals surface area (Å²) in [6, 6.07) is 0.792. The zero-order valence-corrected chi connectivity index (χ0v) is 11.7. The minimum Gasteiger partial charge on any atom is -0.313 e. The molecule has 1 atom stereocenters. The molecule has 18 heavy (non-hydrogen) atoms. The van der Waals surface area contributed by atoms with E-state index in [9.17, 15) is 0 Å². The second-order valence-corrected chi connectivity index (χ2v) is 6.54. The maximum Gasteiger partial charge on any atom is 0.0195 e. The van der Waals surface area contributed by atoms with Crippen molar-refractivity contribution in [3.05, 3.63) is 0 Å². The van der Waals surface area contributed by atoms with Crippen molar-refractivity contribution in [1.29, 1.82) is 0 Å². The Balaban J connectivity index is 1.35. The number of nitrogens with one attached hydrogen (secondary N) is 1. The minimum absolute atomic E-state index is 0.792. The van der Waals surface area contributed by atoms with Crippen LogP contribution >= 0.6 is 0 Å². The Morgan fingerprint density at radius 3 is 2.17 bits per heavy atom. The van der Waals surface area contributed by atoms with Crippen LogP contribution in [0.1, 0.15) is 38.5 Å². The van der Waals surface area contributed by atoms with Crippen LogP contribution in [0.3, 0.4) is 0 Å². The minimum atomic E-state index is 0.792. The molecule has 3 fully saturated rings. The Labute approximate surface area is 112 Å². The summed E-state index contributed by atoms with van der Waals surface area (Å²) in [6.07, 6.45) is 8.52. The van der Waals surface area contributed by atoms with Gasteiger partial charge in [0.1, 0.15) is 0 Å². The molecule has 0 aromatic carbocycles. The lowest BCUT2D eigenvalue weighted by Crippen LogP contribution is -2.43. The molecule has 0 bridgehead atoms. The molecule has 3 saturated heterocycles. The summed E-state index contributed by atoms with van der Waals surface area (Å²) in [5.41, 5.74) is 0. The van der Waals surface area contributed by atoms with Crippen LogP contribution in [0, 0.1) is 5.92 Å². The molecule has 0 saturated carbocycles. The number of hydrogen-bond acceptors (Lipinski definition) is 3. The summed E-state index contributed by atoms with van der Waals surface area (Å²) in [7, 11) is 0. The second kappa shape index (κ2) is 6.36. The third kappa shape index (κ3) is 3.46. The first-order valence-corrected chi connectivity index (χ1v) is 8.08. The molecule has 1 N–H and O–H groups in total. The highest BCUT2D eigenvalue weighted by Gasteiger charge is 2.24. The van der Waals surface area contributed by atoms with Gasteiger partial charge in [-0.25, -0.2) is 0 Å². The summed E-state index contributed by atoms with van der Waals surface area (Å²) in [5.74, 6) is 0.982. The average molecular weight is 251 g/mol. The number of nitrogens with zero attached hydrogens (tertiary/aromatic N) is 2. The van der Waals surface area contributed by atoms with Gasteiger partial charge in [-0.15, -0.1) is 0 Å². The predicted octanol–water partition coefficient (Wildman–Crippen LogP) is 1.55. The molecule has 0 aromatic rings. The molecule has 104 valence electrons. The van der Waals surface area contributed by atoms with Crippen molar-refractivity contribution >= 4 is 0 Å². The lowest BCUT2D eigenvalue weighted by atomic mass is 9.96. The fourth-order valence-electron chi connectivity index (χ4n) is 3.91. The van der Waals surface area contributed by atoms with Crippen molar-refractivity contribution in [3.8, 4) is 0 Å². The largest absolute Gasteiger partial charge is 0.313 e. The van der Waals surface area contributed by atoms with E-state index in [1.807, 2.05) is 0 Å². The van der Waals surface area contributed by atoms with Crippen LogP contribution in [-0.2, 0) is 0 Å². The smallest absolute Gasteiger partial charge is 0.0195 e. The first-order valence-electron chi connectivity index (χ1n) is 8.08. The topological polar surface area (TPSA) is 18.5 Å². The van der Waals surface area contributed by atoms with Gasteiger partial charge in [-0.1, -0.05) is 0 Å². The van der Waals surface area contributed by atoms with Crippen molar-refractivity contribution in [3.63, 3.8) is 0 Å². The third-order valence-electron chi connectivity index (χ3n) is 5.06. The Morgan fingerprint density at radius 1 is 0.778 bits per heavy atom. The Kier molecular flexibility index (Phi) is 4.55. The monoisotopic (exact) mass is 251 g/mol. The molecule has 0 aliphatic carbocycles. The van der Waals surface area contributed by atoms with Crippen LogP contribution in [0.15, 0.2) is 0 Å². The standard InChI is InChI=1S/C15H29N3/c1-2-9-17(8-1)12-14-5-10-18(11-6-14)13-15-4-3-7-16-15/h14-16H,1-13H2/t15-/m0/s1. The Bertz CT molecular complexity index is 210. The maximum absolute atomic E-state index is 3.62. The van der Waals surface area contributed by atoms with E-state index in [4.69, 9.17) is 0 Å². The van der Waals surface area contributed by atoms with Crippen molar-refractivity contribution in [2.24, 2.45) is 5.92 Å². The van der Waals surface area contributed by atoms with Crippen LogP contribution < -0.4 is 5.32 Å². The lowest BCUT2D eigenvalue weighted by molar-refractivity contribution is 0.146. The molecule has 3 heterocycles. The normalized spacial score (nSPS) is 32.3. The highest BCUT2D eigenvalue weighted by Crippen LogP contribution is 2.21.